The molecule has 3 aromatic carbocycles. The number of nitrogens with one attached hydrogen (secondary N) is 1. The maximum atomic E-state index is 13.5. The number of hydrogen-bond acceptors (Lipinski definition) is 4. The minimum atomic E-state index is -0.0311. The van der Waals surface area contributed by atoms with Crippen molar-refractivity contribution in [2.45, 2.75) is 26.8 Å². The van der Waals surface area contributed by atoms with Gasteiger partial charge in [-0.15, -0.1) is 0 Å². The highest BCUT2D eigenvalue weighted by Crippen LogP contribution is 2.27. The van der Waals surface area contributed by atoms with Gasteiger partial charge in [-0.05, 0) is 60.2 Å². The Kier molecular flexibility index (Phi) is 8.81. The molecule has 0 bridgehead atoms. The Morgan fingerprint density at radius 1 is 0.941 bits per heavy atom. The van der Waals surface area contributed by atoms with Gasteiger partial charge in [-0.1, -0.05) is 50.3 Å². The molecule has 0 atom stereocenters. The molecular formula is C29H30N2O3. The summed E-state index contributed by atoms with van der Waals surface area (Å²) in [6, 6.07) is 24.7. The van der Waals surface area contributed by atoms with Gasteiger partial charge >= 0.3 is 0 Å². The highest BCUT2D eigenvalue weighted by molar-refractivity contribution is 6.06. The van der Waals surface area contributed by atoms with E-state index < -0.39 is 0 Å². The molecule has 0 saturated carbocycles. The summed E-state index contributed by atoms with van der Waals surface area (Å²) in [5.41, 5.74) is 5.02. The molecule has 1 N–H and O–H groups in total. The van der Waals surface area contributed by atoms with Gasteiger partial charge in [0.15, 0.2) is 0 Å². The number of nitrogens with zero attached hydrogens (tertiary/aromatic N) is 1. The Balaban J connectivity index is 0.00000158. The Bertz CT molecular complexity index is 1150. The number of ether oxygens (including phenoxy) is 1. The fourth-order valence-electron chi connectivity index (χ4n) is 3.56. The quantitative estimate of drug-likeness (QED) is 0.401. The summed E-state index contributed by atoms with van der Waals surface area (Å²) in [7, 11) is 1.64. The fraction of sp³-hybridized carbons (Fsp3) is 0.172. The molecule has 5 heteroatoms. The van der Waals surface area contributed by atoms with Crippen molar-refractivity contribution in [2.24, 2.45) is 0 Å². The van der Waals surface area contributed by atoms with E-state index >= 15 is 0 Å². The number of anilines is 2. The van der Waals surface area contributed by atoms with E-state index in [2.05, 4.69) is 5.32 Å². The van der Waals surface area contributed by atoms with Gasteiger partial charge in [0.05, 0.1) is 13.7 Å². The zero-order chi connectivity index (χ0) is 24.3. The topological polar surface area (TPSA) is 58.6 Å². The minimum absolute atomic E-state index is 0.0311. The number of carbonyl (C=O) groups excluding carboxylic acids is 2. The van der Waals surface area contributed by atoms with Crippen LogP contribution in [0.25, 0.3) is 0 Å². The Labute approximate surface area is 201 Å². The van der Waals surface area contributed by atoms with Crippen LogP contribution >= 0.6 is 0 Å². The molecule has 0 aliphatic heterocycles. The number of allylic oxidation sites excluding steroid dienone is 3. The lowest BCUT2D eigenvalue weighted by Crippen LogP contribution is -2.31. The van der Waals surface area contributed by atoms with Gasteiger partial charge in [0.2, 0.25) is 0 Å². The highest BCUT2D eigenvalue weighted by Gasteiger charge is 2.23. The van der Waals surface area contributed by atoms with Gasteiger partial charge in [0.25, 0.3) is 5.91 Å². The second-order valence-corrected chi connectivity index (χ2v) is 7.50. The van der Waals surface area contributed by atoms with Crippen LogP contribution in [0, 0.1) is 0 Å². The van der Waals surface area contributed by atoms with E-state index in [1.807, 2.05) is 92.7 Å². The normalized spacial score (nSPS) is 12.0. The number of methoxy groups -OCH3 is 1. The molecule has 0 spiro atoms. The first-order valence-electron chi connectivity index (χ1n) is 11.4. The number of para-hydroxylation sites is 1. The summed E-state index contributed by atoms with van der Waals surface area (Å²) in [6.45, 7) is 4.46. The van der Waals surface area contributed by atoms with Gasteiger partial charge in [-0.25, -0.2) is 0 Å². The number of hydrogen-bond donors (Lipinski definition) is 1. The molecule has 1 aliphatic rings. The first-order valence-corrected chi connectivity index (χ1v) is 11.4. The summed E-state index contributed by atoms with van der Waals surface area (Å²) < 4.78 is 5.24. The average molecular weight is 455 g/mol. The van der Waals surface area contributed by atoms with Gasteiger partial charge < -0.3 is 15.0 Å². The minimum Gasteiger partial charge on any atom is -0.497 e. The van der Waals surface area contributed by atoms with E-state index in [-0.39, 0.29) is 5.91 Å². The predicted molar refractivity (Wildman–Crippen MR) is 138 cm³/mol. The van der Waals surface area contributed by atoms with E-state index in [0.29, 0.717) is 18.5 Å². The third kappa shape index (κ3) is 6.23. The Hall–Kier alpha value is -4.12. The summed E-state index contributed by atoms with van der Waals surface area (Å²) in [6.07, 6.45) is 5.13. The molecule has 4 rings (SSSR count). The lowest BCUT2D eigenvalue weighted by Gasteiger charge is -2.24. The first kappa shape index (κ1) is 24.5. The second-order valence-electron chi connectivity index (χ2n) is 7.50. The molecule has 34 heavy (non-hydrogen) atoms. The van der Waals surface area contributed by atoms with Crippen LogP contribution in [0.1, 0.15) is 36.2 Å². The largest absolute Gasteiger partial charge is 0.497 e. The molecular weight excluding hydrogens is 424 g/mol. The van der Waals surface area contributed by atoms with Crippen molar-refractivity contribution >= 4 is 23.6 Å². The molecule has 0 fully saturated rings. The summed E-state index contributed by atoms with van der Waals surface area (Å²) >= 11 is 0. The maximum absolute atomic E-state index is 13.5. The van der Waals surface area contributed by atoms with E-state index in [9.17, 15) is 9.59 Å². The predicted octanol–water partition coefficient (Wildman–Crippen LogP) is 6.39. The van der Waals surface area contributed by atoms with Crippen LogP contribution in [0.2, 0.25) is 0 Å². The zero-order valence-electron chi connectivity index (χ0n) is 19.8. The number of rotatable bonds is 8. The Morgan fingerprint density at radius 3 is 2.24 bits per heavy atom. The summed E-state index contributed by atoms with van der Waals surface area (Å²) in [4.78, 5) is 26.1. The maximum Gasteiger partial charge on any atom is 0.254 e. The molecule has 0 unspecified atom stereocenters. The molecule has 0 aromatic heterocycles. The molecule has 174 valence electrons. The lowest BCUT2D eigenvalue weighted by molar-refractivity contribution is -0.115. The summed E-state index contributed by atoms with van der Waals surface area (Å²) in [5, 5.41) is 3.33. The average Bonchev–Trinajstić information content (AvgIpc) is 3.38. The van der Waals surface area contributed by atoms with Crippen LogP contribution < -0.4 is 15.0 Å². The first-order chi connectivity index (χ1) is 16.7. The molecule has 1 amide bonds. The van der Waals surface area contributed by atoms with Crippen LogP contribution in [0.5, 0.6) is 5.75 Å². The molecule has 0 radical (unpaired) electrons. The highest BCUT2D eigenvalue weighted by atomic mass is 16.5. The standard InChI is InChI=1S/C27H24N2O3.C2H6/c1-32-26-15-9-20(10-16-26)18-29(25-5-3-2-4-6-25)27(31)22-11-14-24(17-22)28-23-12-7-21(19-30)8-13-23;1-2/h2-16,19,28H,17-18H2,1H3;1-2H3. The van der Waals surface area contributed by atoms with Crippen molar-refractivity contribution in [1.82, 2.24) is 0 Å². The zero-order valence-corrected chi connectivity index (χ0v) is 19.8. The number of benzene rings is 3. The fourth-order valence-corrected chi connectivity index (χ4v) is 3.56. The third-order valence-corrected chi connectivity index (χ3v) is 5.31. The Morgan fingerprint density at radius 2 is 1.62 bits per heavy atom. The van der Waals surface area contributed by atoms with Crippen molar-refractivity contribution in [3.05, 3.63) is 113 Å². The number of carbonyl (C=O) groups is 2. The molecule has 0 heterocycles. The van der Waals surface area contributed by atoms with E-state index in [1.54, 1.807) is 24.1 Å². The van der Waals surface area contributed by atoms with Crippen molar-refractivity contribution in [2.75, 3.05) is 17.3 Å². The van der Waals surface area contributed by atoms with Gasteiger partial charge in [-0.3, -0.25) is 9.59 Å². The lowest BCUT2D eigenvalue weighted by atomic mass is 10.1. The molecule has 5 nitrogen and oxygen atoms in total. The molecule has 1 aliphatic carbocycles. The van der Waals surface area contributed by atoms with Gasteiger partial charge in [0.1, 0.15) is 12.0 Å². The van der Waals surface area contributed by atoms with E-state index in [4.69, 9.17) is 4.74 Å². The smallest absolute Gasteiger partial charge is 0.254 e. The van der Waals surface area contributed by atoms with Crippen molar-refractivity contribution in [3.63, 3.8) is 0 Å². The van der Waals surface area contributed by atoms with Gasteiger partial charge in [-0.2, -0.15) is 0 Å². The number of amides is 1. The van der Waals surface area contributed by atoms with Crippen molar-refractivity contribution in [3.8, 4) is 5.75 Å². The van der Waals surface area contributed by atoms with E-state index in [0.717, 1.165) is 40.2 Å². The van der Waals surface area contributed by atoms with Crippen LogP contribution in [0.4, 0.5) is 11.4 Å². The monoisotopic (exact) mass is 454 g/mol. The van der Waals surface area contributed by atoms with E-state index in [1.165, 1.54) is 0 Å². The van der Waals surface area contributed by atoms with Crippen LogP contribution in [-0.2, 0) is 11.3 Å². The SMILES string of the molecule is CC.COc1ccc(CN(C(=O)C2=CC=C(Nc3ccc(C=O)cc3)C2)c2ccccc2)cc1. The van der Waals surface area contributed by atoms with Crippen LogP contribution in [0.3, 0.4) is 0 Å². The summed E-state index contributed by atoms with van der Waals surface area (Å²) in [5.74, 6) is 0.752. The van der Waals surface area contributed by atoms with Crippen LogP contribution in [-0.4, -0.2) is 19.3 Å². The van der Waals surface area contributed by atoms with Crippen LogP contribution in [0.15, 0.2) is 102 Å². The van der Waals surface area contributed by atoms with Crippen molar-refractivity contribution in [1.29, 1.82) is 0 Å². The van der Waals surface area contributed by atoms with Gasteiger partial charge in [0, 0.05) is 34.6 Å². The number of aldehydes is 1. The second kappa shape index (κ2) is 12.2. The molecule has 0 saturated heterocycles. The molecule has 3 aromatic rings. The third-order valence-electron chi connectivity index (χ3n) is 5.31. The van der Waals surface area contributed by atoms with Crippen molar-refractivity contribution < 1.29 is 14.3 Å².